The second-order valence-electron chi connectivity index (χ2n) is 8.92. The lowest BCUT2D eigenvalue weighted by atomic mass is 9.95. The van der Waals surface area contributed by atoms with Gasteiger partial charge in [-0.15, -0.1) is 0 Å². The highest BCUT2D eigenvalue weighted by Gasteiger charge is 2.35. The van der Waals surface area contributed by atoms with Gasteiger partial charge in [-0.3, -0.25) is 9.36 Å². The molecule has 0 N–H and O–H groups in total. The summed E-state index contributed by atoms with van der Waals surface area (Å²) >= 11 is 11.2. The minimum absolute atomic E-state index is 0.240. The van der Waals surface area contributed by atoms with E-state index in [-0.39, 0.29) is 11.1 Å². The molecule has 204 valence electrons. The molecule has 3 aromatic carbocycles. The van der Waals surface area contributed by atoms with Crippen LogP contribution in [0.2, 0.25) is 5.02 Å². The van der Waals surface area contributed by atoms with E-state index in [9.17, 15) is 9.59 Å². The Morgan fingerprint density at radius 2 is 1.85 bits per heavy atom. The molecule has 0 saturated heterocycles. The fourth-order valence-electron chi connectivity index (χ4n) is 4.52. The van der Waals surface area contributed by atoms with Crippen LogP contribution < -0.4 is 24.4 Å². The number of allylic oxidation sites excluding steroid dienone is 1. The summed E-state index contributed by atoms with van der Waals surface area (Å²) in [6.07, 6.45) is 1.79. The van der Waals surface area contributed by atoms with Crippen molar-refractivity contribution in [1.82, 2.24) is 4.57 Å². The largest absolute Gasteiger partial charge is 0.496 e. The fraction of sp³-hybridized carbons (Fsp3) is 0.167. The standard InChI is InChI=1S/C30H24BrClN2O5S/c1-17-26(29(36)38-3)27(21-15-20(32)10-12-23(21)37-2)34-28(35)25(40-30(34)33-17)14-19-9-11-24(22(31)13-19)39-16-18-7-5-4-6-8-18/h4-15,27H,16H2,1-3H3/b25-14-/t27-/m1/s1. The van der Waals surface area contributed by atoms with Crippen LogP contribution in [0.1, 0.15) is 29.7 Å². The molecule has 40 heavy (non-hydrogen) atoms. The van der Waals surface area contributed by atoms with E-state index in [1.54, 1.807) is 31.2 Å². The number of rotatable bonds is 7. The summed E-state index contributed by atoms with van der Waals surface area (Å²) in [5.41, 5.74) is 2.81. The maximum atomic E-state index is 13.9. The third-order valence-corrected chi connectivity index (χ3v) is 8.24. The van der Waals surface area contributed by atoms with Gasteiger partial charge in [0.05, 0.1) is 34.5 Å². The molecule has 0 radical (unpaired) electrons. The molecule has 10 heteroatoms. The summed E-state index contributed by atoms with van der Waals surface area (Å²) in [7, 11) is 2.82. The number of fused-ring (bicyclic) bond motifs is 1. The summed E-state index contributed by atoms with van der Waals surface area (Å²) in [6, 6.07) is 19.8. The highest BCUT2D eigenvalue weighted by Crippen LogP contribution is 2.37. The van der Waals surface area contributed by atoms with Gasteiger partial charge < -0.3 is 14.2 Å². The van der Waals surface area contributed by atoms with Crippen LogP contribution in [-0.2, 0) is 16.1 Å². The third-order valence-electron chi connectivity index (χ3n) is 6.40. The van der Waals surface area contributed by atoms with Crippen LogP contribution in [0.25, 0.3) is 6.08 Å². The Labute approximate surface area is 247 Å². The molecule has 1 aromatic heterocycles. The molecular weight excluding hydrogens is 616 g/mol. The monoisotopic (exact) mass is 638 g/mol. The molecule has 2 heterocycles. The van der Waals surface area contributed by atoms with E-state index in [0.717, 1.165) is 15.6 Å². The third kappa shape index (κ3) is 5.50. The average Bonchev–Trinajstić information content (AvgIpc) is 3.25. The van der Waals surface area contributed by atoms with Gasteiger partial charge >= 0.3 is 5.97 Å². The first-order valence-corrected chi connectivity index (χ1v) is 14.2. The molecule has 1 aliphatic rings. The Hall–Kier alpha value is -3.66. The van der Waals surface area contributed by atoms with Gasteiger partial charge in [-0.05, 0) is 70.4 Å². The Bertz CT molecular complexity index is 1810. The van der Waals surface area contributed by atoms with Crippen LogP contribution in [0.4, 0.5) is 0 Å². The molecule has 7 nitrogen and oxygen atoms in total. The highest BCUT2D eigenvalue weighted by molar-refractivity contribution is 9.10. The van der Waals surface area contributed by atoms with Crippen molar-refractivity contribution in [2.45, 2.75) is 19.6 Å². The number of benzene rings is 3. The summed E-state index contributed by atoms with van der Waals surface area (Å²) in [5.74, 6) is 0.585. The number of halogens is 2. The second-order valence-corrected chi connectivity index (χ2v) is 11.2. The lowest BCUT2D eigenvalue weighted by molar-refractivity contribution is -0.136. The molecule has 0 bridgehead atoms. The number of carbonyl (C=O) groups excluding carboxylic acids is 1. The minimum atomic E-state index is -0.833. The lowest BCUT2D eigenvalue weighted by Crippen LogP contribution is -2.40. The Balaban J connectivity index is 1.58. The van der Waals surface area contributed by atoms with E-state index >= 15 is 0 Å². The normalized spacial score (nSPS) is 14.9. The smallest absolute Gasteiger partial charge is 0.338 e. The number of aromatic nitrogens is 1. The zero-order valence-electron chi connectivity index (χ0n) is 21.8. The first-order chi connectivity index (χ1) is 19.3. The van der Waals surface area contributed by atoms with Gasteiger partial charge in [-0.2, -0.15) is 0 Å². The molecule has 0 spiro atoms. The quantitative estimate of drug-likeness (QED) is 0.253. The number of methoxy groups -OCH3 is 2. The van der Waals surface area contributed by atoms with Crippen molar-refractivity contribution in [3.63, 3.8) is 0 Å². The van der Waals surface area contributed by atoms with Gasteiger partial charge in [-0.1, -0.05) is 59.3 Å². The van der Waals surface area contributed by atoms with Crippen LogP contribution in [0.15, 0.2) is 92.3 Å². The summed E-state index contributed by atoms with van der Waals surface area (Å²) in [5, 5.41) is 0.441. The van der Waals surface area contributed by atoms with E-state index < -0.39 is 12.0 Å². The van der Waals surface area contributed by atoms with Crippen molar-refractivity contribution in [2.24, 2.45) is 4.99 Å². The van der Waals surface area contributed by atoms with Crippen LogP contribution in [0.5, 0.6) is 11.5 Å². The van der Waals surface area contributed by atoms with Crippen molar-refractivity contribution in [2.75, 3.05) is 14.2 Å². The topological polar surface area (TPSA) is 79.1 Å². The number of thiazole rings is 1. The summed E-state index contributed by atoms with van der Waals surface area (Å²) in [4.78, 5) is 31.8. The zero-order valence-corrected chi connectivity index (χ0v) is 25.0. The van der Waals surface area contributed by atoms with Crippen LogP contribution in [0, 0.1) is 0 Å². The molecule has 5 rings (SSSR count). The maximum absolute atomic E-state index is 13.9. The van der Waals surface area contributed by atoms with Crippen LogP contribution in [0.3, 0.4) is 0 Å². The van der Waals surface area contributed by atoms with Crippen molar-refractivity contribution >= 4 is 50.9 Å². The van der Waals surface area contributed by atoms with Gasteiger partial charge in [0, 0.05) is 10.6 Å². The van der Waals surface area contributed by atoms with Crippen molar-refractivity contribution in [3.05, 3.63) is 124 Å². The van der Waals surface area contributed by atoms with E-state index in [1.807, 2.05) is 48.5 Å². The SMILES string of the molecule is COC(=O)C1=C(C)N=c2s/c(=C\c3ccc(OCc4ccccc4)c(Br)c3)c(=O)n2[C@@H]1c1cc(Cl)ccc1OC. The number of ether oxygens (including phenoxy) is 3. The lowest BCUT2D eigenvalue weighted by Gasteiger charge is -2.25. The van der Waals surface area contributed by atoms with E-state index in [1.165, 1.54) is 30.1 Å². The van der Waals surface area contributed by atoms with Crippen molar-refractivity contribution in [1.29, 1.82) is 0 Å². The summed E-state index contributed by atoms with van der Waals surface area (Å²) in [6.45, 7) is 2.16. The first kappa shape index (κ1) is 27.9. The zero-order chi connectivity index (χ0) is 28.4. The molecule has 0 fully saturated rings. The van der Waals surface area contributed by atoms with E-state index in [2.05, 4.69) is 20.9 Å². The van der Waals surface area contributed by atoms with Crippen LogP contribution in [-0.4, -0.2) is 24.8 Å². The maximum Gasteiger partial charge on any atom is 0.338 e. The highest BCUT2D eigenvalue weighted by atomic mass is 79.9. The average molecular weight is 640 g/mol. The number of nitrogens with zero attached hydrogens (tertiary/aromatic N) is 2. The van der Waals surface area contributed by atoms with E-state index in [0.29, 0.717) is 43.7 Å². The fourth-order valence-corrected chi connectivity index (χ4v) is 6.25. The molecule has 4 aromatic rings. The minimum Gasteiger partial charge on any atom is -0.496 e. The van der Waals surface area contributed by atoms with Crippen molar-refractivity contribution < 1.29 is 19.0 Å². The Kier molecular flexibility index (Phi) is 8.25. The first-order valence-electron chi connectivity index (χ1n) is 12.2. The van der Waals surface area contributed by atoms with Gasteiger partial charge in [0.1, 0.15) is 24.1 Å². The Morgan fingerprint density at radius 3 is 2.55 bits per heavy atom. The van der Waals surface area contributed by atoms with Crippen molar-refractivity contribution in [3.8, 4) is 11.5 Å². The van der Waals surface area contributed by atoms with Gasteiger partial charge in [0.2, 0.25) is 0 Å². The molecule has 0 aliphatic carbocycles. The molecule has 0 amide bonds. The molecule has 1 atom stereocenters. The van der Waals surface area contributed by atoms with Gasteiger partial charge in [-0.25, -0.2) is 9.79 Å². The number of hydrogen-bond donors (Lipinski definition) is 0. The number of hydrogen-bond acceptors (Lipinski definition) is 7. The molecule has 1 aliphatic heterocycles. The number of carbonyl (C=O) groups is 1. The Morgan fingerprint density at radius 1 is 1.10 bits per heavy atom. The second kappa shape index (κ2) is 11.8. The predicted molar refractivity (Wildman–Crippen MR) is 159 cm³/mol. The molecule has 0 unspecified atom stereocenters. The van der Waals surface area contributed by atoms with Gasteiger partial charge in [0.15, 0.2) is 4.80 Å². The van der Waals surface area contributed by atoms with Crippen LogP contribution >= 0.6 is 38.9 Å². The van der Waals surface area contributed by atoms with E-state index in [4.69, 9.17) is 25.8 Å². The number of esters is 1. The molecular formula is C30H24BrClN2O5S. The summed E-state index contributed by atoms with van der Waals surface area (Å²) < 4.78 is 19.3. The predicted octanol–water partition coefficient (Wildman–Crippen LogP) is 5.41. The molecule has 0 saturated carbocycles. The van der Waals surface area contributed by atoms with Gasteiger partial charge in [0.25, 0.3) is 5.56 Å².